The second-order valence-electron chi connectivity index (χ2n) is 5.09. The lowest BCUT2D eigenvalue weighted by molar-refractivity contribution is 0.0968. The van der Waals surface area contributed by atoms with Gasteiger partial charge in [0.15, 0.2) is 0 Å². The smallest absolute Gasteiger partial charge is 0.326 e. The maximum atomic E-state index is 12.3. The lowest BCUT2D eigenvalue weighted by Gasteiger charge is -2.06. The number of hydrogen-bond donors (Lipinski definition) is 2. The van der Waals surface area contributed by atoms with Crippen LogP contribution in [-0.2, 0) is 7.05 Å². The number of rotatable bonds is 2. The van der Waals surface area contributed by atoms with E-state index in [0.29, 0.717) is 16.3 Å². The number of nitrogens with one attached hydrogen (secondary N) is 2. The van der Waals surface area contributed by atoms with Crippen LogP contribution in [0.3, 0.4) is 0 Å². The highest BCUT2D eigenvalue weighted by molar-refractivity contribution is 6.31. The zero-order chi connectivity index (χ0) is 16.4. The van der Waals surface area contributed by atoms with Crippen molar-refractivity contribution in [1.29, 1.82) is 0 Å². The van der Waals surface area contributed by atoms with E-state index < -0.39 is 11.9 Å². The number of amides is 3. The normalized spacial score (nSPS) is 10.5. The minimum atomic E-state index is -0.606. The van der Waals surface area contributed by atoms with E-state index in [1.807, 2.05) is 35.9 Å². The molecule has 0 aliphatic rings. The summed E-state index contributed by atoms with van der Waals surface area (Å²) in [5, 5.41) is 6.20. The third kappa shape index (κ3) is 3.19. The number of carbonyl (C=O) groups excluding carboxylic acids is 2. The van der Waals surface area contributed by atoms with Crippen LogP contribution in [0.5, 0.6) is 0 Å². The van der Waals surface area contributed by atoms with Crippen LogP contribution in [0.15, 0.2) is 54.7 Å². The first-order valence-corrected chi connectivity index (χ1v) is 7.34. The molecule has 3 amide bonds. The van der Waals surface area contributed by atoms with E-state index in [4.69, 9.17) is 11.6 Å². The molecule has 6 heteroatoms. The molecule has 2 N–H and O–H groups in total. The average molecular weight is 328 g/mol. The van der Waals surface area contributed by atoms with E-state index in [9.17, 15) is 9.59 Å². The lowest BCUT2D eigenvalue weighted by Crippen LogP contribution is -2.34. The van der Waals surface area contributed by atoms with Crippen molar-refractivity contribution in [3.05, 3.63) is 65.3 Å². The number of benzene rings is 2. The minimum Gasteiger partial charge on any atom is -0.350 e. The molecule has 116 valence electrons. The molecule has 0 bridgehead atoms. The SMILES string of the molecule is Cn1cc(C(=O)NC(=O)Nc2cccc(Cl)c2)c2ccccc21. The number of nitrogens with zero attached hydrogens (tertiary/aromatic N) is 1. The number of hydrogen-bond acceptors (Lipinski definition) is 2. The largest absolute Gasteiger partial charge is 0.350 e. The highest BCUT2D eigenvalue weighted by atomic mass is 35.5. The quantitative estimate of drug-likeness (QED) is 0.752. The zero-order valence-electron chi connectivity index (χ0n) is 12.3. The van der Waals surface area contributed by atoms with Gasteiger partial charge in [0, 0.05) is 34.9 Å². The third-order valence-electron chi connectivity index (χ3n) is 3.45. The van der Waals surface area contributed by atoms with Crippen LogP contribution in [0.25, 0.3) is 10.9 Å². The van der Waals surface area contributed by atoms with Crippen molar-refractivity contribution in [2.45, 2.75) is 0 Å². The van der Waals surface area contributed by atoms with Gasteiger partial charge in [0.25, 0.3) is 5.91 Å². The van der Waals surface area contributed by atoms with Crippen LogP contribution in [0.4, 0.5) is 10.5 Å². The highest BCUT2D eigenvalue weighted by Gasteiger charge is 2.16. The summed E-state index contributed by atoms with van der Waals surface area (Å²) in [4.78, 5) is 24.3. The van der Waals surface area contributed by atoms with Gasteiger partial charge in [-0.2, -0.15) is 0 Å². The summed E-state index contributed by atoms with van der Waals surface area (Å²) >= 11 is 5.86. The Morgan fingerprint density at radius 2 is 1.87 bits per heavy atom. The molecule has 5 nitrogen and oxygen atoms in total. The monoisotopic (exact) mass is 327 g/mol. The molecule has 0 saturated carbocycles. The van der Waals surface area contributed by atoms with Gasteiger partial charge in [-0.05, 0) is 24.3 Å². The predicted octanol–water partition coefficient (Wildman–Crippen LogP) is 3.79. The Morgan fingerprint density at radius 3 is 2.65 bits per heavy atom. The molecule has 0 spiro atoms. The van der Waals surface area contributed by atoms with Gasteiger partial charge in [0.05, 0.1) is 5.56 Å². The molecule has 0 unspecified atom stereocenters. The molecular weight excluding hydrogens is 314 g/mol. The second kappa shape index (κ2) is 6.14. The topological polar surface area (TPSA) is 63.1 Å². The van der Waals surface area contributed by atoms with Crippen molar-refractivity contribution in [1.82, 2.24) is 9.88 Å². The van der Waals surface area contributed by atoms with E-state index in [1.54, 1.807) is 30.5 Å². The van der Waals surface area contributed by atoms with Crippen LogP contribution in [0, 0.1) is 0 Å². The fourth-order valence-electron chi connectivity index (χ4n) is 2.42. The maximum Gasteiger partial charge on any atom is 0.326 e. The number of carbonyl (C=O) groups is 2. The van der Waals surface area contributed by atoms with Gasteiger partial charge in [-0.25, -0.2) is 4.79 Å². The summed E-state index contributed by atoms with van der Waals surface area (Å²) in [5.41, 5.74) is 1.89. The van der Waals surface area contributed by atoms with Crippen molar-refractivity contribution < 1.29 is 9.59 Å². The first-order valence-electron chi connectivity index (χ1n) is 6.96. The molecule has 0 aliphatic carbocycles. The Morgan fingerprint density at radius 1 is 1.09 bits per heavy atom. The van der Waals surface area contributed by atoms with Crippen molar-refractivity contribution in [2.24, 2.45) is 7.05 Å². The maximum absolute atomic E-state index is 12.3. The van der Waals surface area contributed by atoms with E-state index in [-0.39, 0.29) is 0 Å². The van der Waals surface area contributed by atoms with Gasteiger partial charge in [0.1, 0.15) is 0 Å². The molecule has 3 aromatic rings. The molecule has 1 aromatic heterocycles. The first-order chi connectivity index (χ1) is 11.0. The molecule has 3 rings (SSSR count). The van der Waals surface area contributed by atoms with Crippen LogP contribution in [0.2, 0.25) is 5.02 Å². The Kier molecular flexibility index (Phi) is 4.04. The molecule has 2 aromatic carbocycles. The average Bonchev–Trinajstić information content (AvgIpc) is 2.85. The molecule has 23 heavy (non-hydrogen) atoms. The summed E-state index contributed by atoms with van der Waals surface area (Å²) in [7, 11) is 1.85. The van der Waals surface area contributed by atoms with E-state index in [1.165, 1.54) is 0 Å². The summed E-state index contributed by atoms with van der Waals surface area (Å²) < 4.78 is 1.85. The van der Waals surface area contributed by atoms with E-state index >= 15 is 0 Å². The Bertz CT molecular complexity index is 902. The van der Waals surface area contributed by atoms with Crippen molar-refractivity contribution in [3.63, 3.8) is 0 Å². The van der Waals surface area contributed by atoms with Crippen LogP contribution in [0.1, 0.15) is 10.4 Å². The molecule has 0 aliphatic heterocycles. The van der Waals surface area contributed by atoms with Gasteiger partial charge in [-0.3, -0.25) is 10.1 Å². The van der Waals surface area contributed by atoms with Gasteiger partial charge in [-0.15, -0.1) is 0 Å². The molecule has 0 radical (unpaired) electrons. The Labute approximate surface area is 137 Å². The number of halogens is 1. The standard InChI is InChI=1S/C17H14ClN3O2/c1-21-10-14(13-7-2-3-8-15(13)21)16(22)20-17(23)19-12-6-4-5-11(18)9-12/h2-10H,1H3,(H2,19,20,22,23). The van der Waals surface area contributed by atoms with Gasteiger partial charge < -0.3 is 9.88 Å². The number of urea groups is 1. The van der Waals surface area contributed by atoms with Crippen LogP contribution in [-0.4, -0.2) is 16.5 Å². The molecule has 0 fully saturated rings. The summed E-state index contributed by atoms with van der Waals surface area (Å²) in [5.74, 6) is -0.457. The van der Waals surface area contributed by atoms with Gasteiger partial charge >= 0.3 is 6.03 Å². The zero-order valence-corrected chi connectivity index (χ0v) is 13.1. The fraction of sp³-hybridized carbons (Fsp3) is 0.0588. The second-order valence-corrected chi connectivity index (χ2v) is 5.53. The van der Waals surface area contributed by atoms with Crippen molar-refractivity contribution in [3.8, 4) is 0 Å². The van der Waals surface area contributed by atoms with Crippen LogP contribution >= 0.6 is 11.6 Å². The predicted molar refractivity (Wildman–Crippen MR) is 90.9 cm³/mol. The third-order valence-corrected chi connectivity index (χ3v) is 3.69. The number of aryl methyl sites for hydroxylation is 1. The number of fused-ring (bicyclic) bond motifs is 1. The number of para-hydroxylation sites is 1. The molecule has 0 atom stereocenters. The highest BCUT2D eigenvalue weighted by Crippen LogP contribution is 2.20. The van der Waals surface area contributed by atoms with Gasteiger partial charge in [0.2, 0.25) is 0 Å². The lowest BCUT2D eigenvalue weighted by atomic mass is 10.1. The molecule has 0 saturated heterocycles. The first kappa shape index (κ1) is 15.1. The summed E-state index contributed by atoms with van der Waals surface area (Å²) in [6, 6.07) is 13.6. The van der Waals surface area contributed by atoms with Crippen molar-refractivity contribution >= 4 is 40.1 Å². The number of imide groups is 1. The molecular formula is C17H14ClN3O2. The van der Waals surface area contributed by atoms with Crippen molar-refractivity contribution in [2.75, 3.05) is 5.32 Å². The minimum absolute atomic E-state index is 0.448. The van der Waals surface area contributed by atoms with E-state index in [2.05, 4.69) is 10.6 Å². The summed E-state index contributed by atoms with van der Waals surface area (Å²) in [6.07, 6.45) is 1.70. The number of anilines is 1. The summed E-state index contributed by atoms with van der Waals surface area (Å²) in [6.45, 7) is 0. The Balaban J connectivity index is 1.77. The number of aromatic nitrogens is 1. The van der Waals surface area contributed by atoms with E-state index in [0.717, 1.165) is 10.9 Å². The fourth-order valence-corrected chi connectivity index (χ4v) is 2.61. The van der Waals surface area contributed by atoms with Gasteiger partial charge in [-0.1, -0.05) is 35.9 Å². The Hall–Kier alpha value is -2.79. The molecule has 1 heterocycles. The van der Waals surface area contributed by atoms with Crippen LogP contribution < -0.4 is 10.6 Å².